The van der Waals surface area contributed by atoms with Gasteiger partial charge in [-0.25, -0.2) is 9.78 Å². The van der Waals surface area contributed by atoms with Gasteiger partial charge in [-0.05, 0) is 45.1 Å². The number of nitrogens with zero attached hydrogens (tertiary/aromatic N) is 2. The minimum Gasteiger partial charge on any atom is -0.463 e. The molecule has 2 aromatic rings. The van der Waals surface area contributed by atoms with E-state index in [9.17, 15) is 14.9 Å². The number of ether oxygens (including phenoxy) is 1. The number of nitrogens with one attached hydrogen (secondary N) is 1. The topological polar surface area (TPSA) is 120 Å². The lowest BCUT2D eigenvalue weighted by Crippen LogP contribution is -2.28. The van der Waals surface area contributed by atoms with Crippen molar-refractivity contribution in [1.29, 1.82) is 0 Å². The first kappa shape index (κ1) is 19.9. The summed E-state index contributed by atoms with van der Waals surface area (Å²) in [5, 5.41) is 15.0. The molecule has 1 atom stereocenters. The zero-order chi connectivity index (χ0) is 21.4. The molecule has 1 aromatic carbocycles. The van der Waals surface area contributed by atoms with E-state index >= 15 is 0 Å². The minimum atomic E-state index is -0.735. The normalized spacial score (nSPS) is 17.6. The lowest BCUT2D eigenvalue weighted by molar-refractivity contribution is -0.385. The first-order chi connectivity index (χ1) is 14.4. The molecule has 1 aromatic heterocycles. The van der Waals surface area contributed by atoms with Crippen LogP contribution in [0.15, 0.2) is 35.5 Å². The number of hydrogen-bond donors (Lipinski definition) is 2. The highest BCUT2D eigenvalue weighted by Crippen LogP contribution is 2.48. The first-order valence-corrected chi connectivity index (χ1v) is 10.1. The Kier molecular flexibility index (Phi) is 5.15. The van der Waals surface area contributed by atoms with Crippen LogP contribution in [-0.2, 0) is 22.4 Å². The van der Waals surface area contributed by atoms with Crippen LogP contribution >= 0.6 is 0 Å². The fraction of sp³-hybridized carbons (Fsp3) is 0.364. The van der Waals surface area contributed by atoms with E-state index in [1.807, 2.05) is 0 Å². The number of carbonyl (C=O) groups excluding carboxylic acids is 1. The number of para-hydroxylation sites is 1. The minimum absolute atomic E-state index is 0.0675. The molecule has 0 bridgehead atoms. The molecule has 0 radical (unpaired) electrons. The van der Waals surface area contributed by atoms with Crippen LogP contribution in [0, 0.1) is 10.1 Å². The molecule has 30 heavy (non-hydrogen) atoms. The van der Waals surface area contributed by atoms with E-state index in [0.29, 0.717) is 33.9 Å². The number of rotatable bonds is 4. The number of nitro benzene ring substituents is 1. The molecule has 1 aliphatic carbocycles. The Morgan fingerprint density at radius 1 is 1.33 bits per heavy atom. The Labute approximate surface area is 174 Å². The number of allylic oxidation sites excluding steroid dienone is 1. The summed E-state index contributed by atoms with van der Waals surface area (Å²) >= 11 is 0. The van der Waals surface area contributed by atoms with Crippen LogP contribution in [0.5, 0.6) is 0 Å². The molecule has 0 unspecified atom stereocenters. The number of esters is 1. The van der Waals surface area contributed by atoms with Crippen molar-refractivity contribution in [3.05, 3.63) is 68.0 Å². The molecule has 2 aliphatic rings. The van der Waals surface area contributed by atoms with E-state index < -0.39 is 16.8 Å². The molecule has 0 spiro atoms. The van der Waals surface area contributed by atoms with E-state index in [2.05, 4.69) is 5.32 Å². The fourth-order valence-electron chi connectivity index (χ4n) is 4.47. The van der Waals surface area contributed by atoms with Gasteiger partial charge < -0.3 is 15.8 Å². The standard InChI is InChI=1S/C22H24N4O4/c1-3-30-22(27)17-12(2)24-21-19(20(23)13-8-4-6-10-15(13)25-21)18(17)14-9-5-7-11-16(14)26(28)29/h5,7,9,11,18H,3-4,6,8,10H2,1-2H3,(H3,23,24,25)/t18-/m0/s1. The van der Waals surface area contributed by atoms with Crippen LogP contribution in [0.3, 0.4) is 0 Å². The average Bonchev–Trinajstić information content (AvgIpc) is 2.73. The van der Waals surface area contributed by atoms with Crippen molar-refractivity contribution in [2.75, 3.05) is 17.7 Å². The predicted octanol–water partition coefficient (Wildman–Crippen LogP) is 3.85. The second-order valence-electron chi connectivity index (χ2n) is 7.55. The molecule has 0 fully saturated rings. The van der Waals surface area contributed by atoms with Gasteiger partial charge in [-0.2, -0.15) is 0 Å². The van der Waals surface area contributed by atoms with Crippen molar-refractivity contribution in [2.24, 2.45) is 0 Å². The number of fused-ring (bicyclic) bond motifs is 2. The maximum Gasteiger partial charge on any atom is 0.336 e. The van der Waals surface area contributed by atoms with E-state index in [1.165, 1.54) is 6.07 Å². The quantitative estimate of drug-likeness (QED) is 0.448. The molecular formula is C22H24N4O4. The van der Waals surface area contributed by atoms with Gasteiger partial charge in [0.1, 0.15) is 5.82 Å². The zero-order valence-corrected chi connectivity index (χ0v) is 17.0. The predicted molar refractivity (Wildman–Crippen MR) is 113 cm³/mol. The summed E-state index contributed by atoms with van der Waals surface area (Å²) in [4.78, 5) is 29.1. The second-order valence-corrected chi connectivity index (χ2v) is 7.55. The maximum atomic E-state index is 12.9. The lowest BCUT2D eigenvalue weighted by Gasteiger charge is -2.32. The average molecular weight is 408 g/mol. The first-order valence-electron chi connectivity index (χ1n) is 10.1. The molecule has 156 valence electrons. The van der Waals surface area contributed by atoms with E-state index in [4.69, 9.17) is 15.5 Å². The second kappa shape index (κ2) is 7.78. The number of nitrogen functional groups attached to an aromatic ring is 1. The van der Waals surface area contributed by atoms with Crippen LogP contribution < -0.4 is 11.1 Å². The van der Waals surface area contributed by atoms with E-state index in [-0.39, 0.29) is 12.3 Å². The number of hydrogen-bond acceptors (Lipinski definition) is 7. The van der Waals surface area contributed by atoms with E-state index in [1.54, 1.807) is 32.0 Å². The smallest absolute Gasteiger partial charge is 0.336 e. The Morgan fingerprint density at radius 2 is 2.07 bits per heavy atom. The van der Waals surface area contributed by atoms with Crippen molar-refractivity contribution in [3.8, 4) is 0 Å². The number of benzene rings is 1. The summed E-state index contributed by atoms with van der Waals surface area (Å²) in [6, 6.07) is 6.45. The van der Waals surface area contributed by atoms with Crippen LogP contribution in [0.1, 0.15) is 55.0 Å². The number of pyridine rings is 1. The van der Waals surface area contributed by atoms with Gasteiger partial charge in [-0.15, -0.1) is 0 Å². The summed E-state index contributed by atoms with van der Waals surface area (Å²) in [5.74, 6) is -0.697. The van der Waals surface area contributed by atoms with Crippen molar-refractivity contribution in [1.82, 2.24) is 4.98 Å². The number of nitrogens with two attached hydrogens (primary N) is 1. The van der Waals surface area contributed by atoms with E-state index in [0.717, 1.165) is 36.9 Å². The summed E-state index contributed by atoms with van der Waals surface area (Å²) < 4.78 is 5.30. The van der Waals surface area contributed by atoms with Crippen LogP contribution in [0.2, 0.25) is 0 Å². The van der Waals surface area contributed by atoms with Crippen molar-refractivity contribution in [3.63, 3.8) is 0 Å². The number of carbonyl (C=O) groups is 1. The number of anilines is 2. The number of nitro groups is 1. The third-order valence-electron chi connectivity index (χ3n) is 5.78. The molecule has 3 N–H and O–H groups in total. The summed E-state index contributed by atoms with van der Waals surface area (Å²) in [6.45, 7) is 3.68. The SMILES string of the molecule is CCOC(=O)C1=C(C)Nc2nc3c(c(N)c2[C@H]1c1ccccc1[N+](=O)[O-])CCCC3. The molecule has 8 nitrogen and oxygen atoms in total. The fourth-order valence-corrected chi connectivity index (χ4v) is 4.47. The molecule has 0 amide bonds. The Hall–Kier alpha value is -3.42. The van der Waals surface area contributed by atoms with Crippen molar-refractivity contribution < 1.29 is 14.5 Å². The lowest BCUT2D eigenvalue weighted by atomic mass is 9.78. The van der Waals surface area contributed by atoms with Gasteiger partial charge in [-0.3, -0.25) is 10.1 Å². The highest BCUT2D eigenvalue weighted by Gasteiger charge is 2.39. The van der Waals surface area contributed by atoms with Gasteiger partial charge in [0.2, 0.25) is 0 Å². The monoisotopic (exact) mass is 408 g/mol. The van der Waals surface area contributed by atoms with Crippen LogP contribution in [-0.4, -0.2) is 22.5 Å². The third kappa shape index (κ3) is 3.18. The Bertz CT molecular complexity index is 1080. The van der Waals surface area contributed by atoms with Crippen molar-refractivity contribution in [2.45, 2.75) is 45.4 Å². The summed E-state index contributed by atoms with van der Waals surface area (Å²) in [7, 11) is 0. The van der Waals surface area contributed by atoms with Gasteiger partial charge in [0.25, 0.3) is 5.69 Å². The number of aromatic nitrogens is 1. The highest BCUT2D eigenvalue weighted by atomic mass is 16.6. The zero-order valence-electron chi connectivity index (χ0n) is 17.0. The van der Waals surface area contributed by atoms with Crippen LogP contribution in [0.25, 0.3) is 0 Å². The molecule has 8 heteroatoms. The summed E-state index contributed by atoms with van der Waals surface area (Å²) in [6.07, 6.45) is 3.72. The molecule has 1 aliphatic heterocycles. The van der Waals surface area contributed by atoms with Crippen LogP contribution in [0.4, 0.5) is 17.2 Å². The van der Waals surface area contributed by atoms with Gasteiger partial charge in [-0.1, -0.05) is 18.2 Å². The largest absolute Gasteiger partial charge is 0.463 e. The van der Waals surface area contributed by atoms with Gasteiger partial charge in [0.05, 0.1) is 23.0 Å². The van der Waals surface area contributed by atoms with Gasteiger partial charge in [0, 0.05) is 34.3 Å². The Balaban J connectivity index is 2.01. The summed E-state index contributed by atoms with van der Waals surface area (Å²) in [5.41, 5.74) is 11.0. The Morgan fingerprint density at radius 3 is 2.80 bits per heavy atom. The van der Waals surface area contributed by atoms with Crippen molar-refractivity contribution >= 4 is 23.2 Å². The van der Waals surface area contributed by atoms with Gasteiger partial charge >= 0.3 is 5.97 Å². The van der Waals surface area contributed by atoms with Gasteiger partial charge in [0.15, 0.2) is 0 Å². The maximum absolute atomic E-state index is 12.9. The molecule has 0 saturated carbocycles. The molecule has 2 heterocycles. The molecule has 0 saturated heterocycles. The third-order valence-corrected chi connectivity index (χ3v) is 5.78. The number of aryl methyl sites for hydroxylation is 1. The highest BCUT2D eigenvalue weighted by molar-refractivity contribution is 5.96. The molecular weight excluding hydrogens is 384 g/mol. The molecule has 4 rings (SSSR count).